The molecule has 0 spiro atoms. The van der Waals surface area contributed by atoms with Gasteiger partial charge >= 0.3 is 0 Å². The molecule has 0 radical (unpaired) electrons. The second kappa shape index (κ2) is 5.60. The number of aromatic nitrogens is 2. The van der Waals surface area contributed by atoms with Crippen LogP contribution in [0.15, 0.2) is 29.1 Å². The number of hydrogen-bond donors (Lipinski definition) is 1. The number of nitrogens with one attached hydrogen (secondary N) is 1. The van der Waals surface area contributed by atoms with Gasteiger partial charge in [0.2, 0.25) is 0 Å². The molecule has 0 saturated heterocycles. The molecule has 1 atom stereocenters. The lowest BCUT2D eigenvalue weighted by Gasteiger charge is -2.17. The van der Waals surface area contributed by atoms with E-state index in [1.54, 1.807) is 11.3 Å². The second-order valence-corrected chi connectivity index (χ2v) is 7.58. The molecule has 0 amide bonds. The molecule has 1 aliphatic rings. The van der Waals surface area contributed by atoms with Crippen LogP contribution in [0.25, 0.3) is 21.6 Å². The molecular weight excluding hydrogens is 304 g/mol. The van der Waals surface area contributed by atoms with Gasteiger partial charge in [-0.25, -0.2) is 4.98 Å². The third-order valence-electron chi connectivity index (χ3n) is 4.80. The van der Waals surface area contributed by atoms with Crippen LogP contribution >= 0.6 is 11.3 Å². The number of aryl methyl sites for hydroxylation is 2. The lowest BCUT2D eigenvalue weighted by atomic mass is 9.89. The normalized spacial score (nSPS) is 17.4. The maximum Gasteiger partial charge on any atom is 0.260 e. The van der Waals surface area contributed by atoms with Gasteiger partial charge in [-0.1, -0.05) is 38.1 Å². The van der Waals surface area contributed by atoms with Crippen LogP contribution in [0.1, 0.15) is 36.3 Å². The van der Waals surface area contributed by atoms with Crippen molar-refractivity contribution in [3.8, 4) is 11.4 Å². The fraction of sp³-hybridized carbons (Fsp3) is 0.368. The molecular formula is C19H20N2OS. The molecule has 23 heavy (non-hydrogen) atoms. The summed E-state index contributed by atoms with van der Waals surface area (Å²) in [7, 11) is 0. The largest absolute Gasteiger partial charge is 0.306 e. The van der Waals surface area contributed by atoms with Gasteiger partial charge in [-0.2, -0.15) is 0 Å². The molecule has 1 aromatic carbocycles. The fourth-order valence-electron chi connectivity index (χ4n) is 3.38. The molecule has 1 unspecified atom stereocenters. The van der Waals surface area contributed by atoms with E-state index in [1.165, 1.54) is 22.4 Å². The molecule has 2 aromatic heterocycles. The average molecular weight is 324 g/mol. The lowest BCUT2D eigenvalue weighted by molar-refractivity contribution is 0.509. The molecule has 118 valence electrons. The second-order valence-electron chi connectivity index (χ2n) is 6.50. The number of aromatic amines is 1. The first-order valence-corrected chi connectivity index (χ1v) is 9.11. The predicted molar refractivity (Wildman–Crippen MR) is 96.2 cm³/mol. The Hall–Kier alpha value is -1.94. The Morgan fingerprint density at radius 3 is 2.83 bits per heavy atom. The van der Waals surface area contributed by atoms with Gasteiger partial charge in [0, 0.05) is 10.4 Å². The Morgan fingerprint density at radius 2 is 2.09 bits per heavy atom. The van der Waals surface area contributed by atoms with Crippen molar-refractivity contribution in [3.63, 3.8) is 0 Å². The summed E-state index contributed by atoms with van der Waals surface area (Å²) in [5.74, 6) is 1.38. The van der Waals surface area contributed by atoms with Gasteiger partial charge in [-0.3, -0.25) is 4.79 Å². The predicted octanol–water partition coefficient (Wildman–Crippen LogP) is 4.34. The van der Waals surface area contributed by atoms with Crippen LogP contribution in [0.5, 0.6) is 0 Å². The van der Waals surface area contributed by atoms with Crippen molar-refractivity contribution in [2.45, 2.75) is 39.5 Å². The van der Waals surface area contributed by atoms with Crippen molar-refractivity contribution in [1.29, 1.82) is 0 Å². The molecule has 4 heteroatoms. The highest BCUT2D eigenvalue weighted by Gasteiger charge is 2.23. The number of hydrogen-bond acceptors (Lipinski definition) is 3. The van der Waals surface area contributed by atoms with Gasteiger partial charge < -0.3 is 4.98 Å². The van der Waals surface area contributed by atoms with E-state index in [0.29, 0.717) is 11.7 Å². The van der Waals surface area contributed by atoms with Crippen molar-refractivity contribution in [2.24, 2.45) is 5.92 Å². The van der Waals surface area contributed by atoms with Gasteiger partial charge in [0.1, 0.15) is 10.7 Å². The minimum Gasteiger partial charge on any atom is -0.306 e. The van der Waals surface area contributed by atoms with Crippen LogP contribution in [-0.2, 0) is 19.3 Å². The minimum atomic E-state index is 0.0108. The molecule has 3 aromatic rings. The van der Waals surface area contributed by atoms with Crippen molar-refractivity contribution in [3.05, 3.63) is 50.6 Å². The Morgan fingerprint density at radius 1 is 1.30 bits per heavy atom. The van der Waals surface area contributed by atoms with E-state index in [-0.39, 0.29) is 5.56 Å². The fourth-order valence-corrected chi connectivity index (χ4v) is 4.77. The van der Waals surface area contributed by atoms with E-state index in [9.17, 15) is 4.79 Å². The van der Waals surface area contributed by atoms with Gasteiger partial charge in [-0.05, 0) is 42.7 Å². The molecule has 0 aliphatic heterocycles. The van der Waals surface area contributed by atoms with Gasteiger partial charge in [-0.15, -0.1) is 11.3 Å². The summed E-state index contributed by atoms with van der Waals surface area (Å²) in [5, 5.41) is 0.825. The van der Waals surface area contributed by atoms with Crippen LogP contribution in [0.3, 0.4) is 0 Å². The highest BCUT2D eigenvalue weighted by Crippen LogP contribution is 2.36. The number of nitrogens with zero attached hydrogens (tertiary/aromatic N) is 1. The van der Waals surface area contributed by atoms with E-state index in [4.69, 9.17) is 4.98 Å². The summed E-state index contributed by atoms with van der Waals surface area (Å²) in [5.41, 5.74) is 3.51. The SMILES string of the molecule is CCc1ccc(-c2nc3sc4c(c3c(=O)[nH]2)CCC(C)C4)cc1. The average Bonchev–Trinajstić information content (AvgIpc) is 2.92. The van der Waals surface area contributed by atoms with Crippen molar-refractivity contribution >= 4 is 21.6 Å². The van der Waals surface area contributed by atoms with Crippen LogP contribution < -0.4 is 5.56 Å². The summed E-state index contributed by atoms with van der Waals surface area (Å²) in [6.45, 7) is 4.42. The first-order chi connectivity index (χ1) is 11.2. The molecule has 2 heterocycles. The van der Waals surface area contributed by atoms with Crippen LogP contribution in [0, 0.1) is 5.92 Å². The molecule has 0 bridgehead atoms. The zero-order valence-electron chi connectivity index (χ0n) is 13.5. The zero-order valence-corrected chi connectivity index (χ0v) is 14.3. The van der Waals surface area contributed by atoms with Crippen LogP contribution in [0.2, 0.25) is 0 Å². The zero-order chi connectivity index (χ0) is 16.0. The molecule has 4 rings (SSSR count). The summed E-state index contributed by atoms with van der Waals surface area (Å²) in [4.78, 5) is 22.6. The molecule has 3 nitrogen and oxygen atoms in total. The minimum absolute atomic E-state index is 0.0108. The van der Waals surface area contributed by atoms with Crippen molar-refractivity contribution < 1.29 is 0 Å². The lowest BCUT2D eigenvalue weighted by Crippen LogP contribution is -2.13. The van der Waals surface area contributed by atoms with E-state index in [2.05, 4.69) is 31.0 Å². The summed E-state index contributed by atoms with van der Waals surface area (Å²) in [6.07, 6.45) is 4.26. The maximum absolute atomic E-state index is 12.6. The highest BCUT2D eigenvalue weighted by molar-refractivity contribution is 7.18. The van der Waals surface area contributed by atoms with E-state index < -0.39 is 0 Å². The number of fused-ring (bicyclic) bond motifs is 3. The monoisotopic (exact) mass is 324 g/mol. The quantitative estimate of drug-likeness (QED) is 0.762. The standard InChI is InChI=1S/C19H20N2OS/c1-3-12-5-7-13(8-6-12)17-20-18(22)16-14-9-4-11(2)10-15(14)23-19(16)21-17/h5-8,11H,3-4,9-10H2,1-2H3,(H,20,21,22). The first-order valence-electron chi connectivity index (χ1n) is 8.29. The van der Waals surface area contributed by atoms with E-state index in [0.717, 1.165) is 35.0 Å². The maximum atomic E-state index is 12.6. The first kappa shape index (κ1) is 14.6. The topological polar surface area (TPSA) is 45.8 Å². The van der Waals surface area contributed by atoms with Gasteiger partial charge in [0.15, 0.2) is 0 Å². The molecule has 0 fully saturated rings. The van der Waals surface area contributed by atoms with E-state index >= 15 is 0 Å². The van der Waals surface area contributed by atoms with Gasteiger partial charge in [0.05, 0.1) is 5.39 Å². The Balaban J connectivity index is 1.85. The Kier molecular flexibility index (Phi) is 3.57. The highest BCUT2D eigenvalue weighted by atomic mass is 32.1. The van der Waals surface area contributed by atoms with Crippen LogP contribution in [-0.4, -0.2) is 9.97 Å². The number of benzene rings is 1. The van der Waals surface area contributed by atoms with Gasteiger partial charge in [0.25, 0.3) is 5.56 Å². The third kappa shape index (κ3) is 2.51. The molecule has 1 aliphatic carbocycles. The smallest absolute Gasteiger partial charge is 0.260 e. The number of H-pyrrole nitrogens is 1. The van der Waals surface area contributed by atoms with E-state index in [1.807, 2.05) is 12.1 Å². The summed E-state index contributed by atoms with van der Waals surface area (Å²) < 4.78 is 0. The van der Waals surface area contributed by atoms with Crippen molar-refractivity contribution in [2.75, 3.05) is 0 Å². The molecule has 0 saturated carbocycles. The van der Waals surface area contributed by atoms with Crippen LogP contribution in [0.4, 0.5) is 0 Å². The van der Waals surface area contributed by atoms with Crippen molar-refractivity contribution in [1.82, 2.24) is 9.97 Å². The summed E-state index contributed by atoms with van der Waals surface area (Å²) in [6, 6.07) is 8.28. The summed E-state index contributed by atoms with van der Waals surface area (Å²) >= 11 is 1.70. The number of thiophene rings is 1. The number of rotatable bonds is 2. The Bertz CT molecular complexity index is 921. The third-order valence-corrected chi connectivity index (χ3v) is 5.95. The Labute approximate surface area is 139 Å². The molecule has 1 N–H and O–H groups in total.